The van der Waals surface area contributed by atoms with E-state index < -0.39 is 17.5 Å². The third-order valence-corrected chi connectivity index (χ3v) is 5.18. The summed E-state index contributed by atoms with van der Waals surface area (Å²) in [6.45, 7) is 7.74. The van der Waals surface area contributed by atoms with Crippen molar-refractivity contribution in [1.82, 2.24) is 10.3 Å². The van der Waals surface area contributed by atoms with Gasteiger partial charge in [-0.1, -0.05) is 24.3 Å². The Morgan fingerprint density at radius 1 is 1.07 bits per heavy atom. The van der Waals surface area contributed by atoms with Gasteiger partial charge in [-0.3, -0.25) is 4.79 Å². The quantitative estimate of drug-likeness (QED) is 0.577. The monoisotopic (exact) mass is 394 g/mol. The number of amides is 3. The molecule has 1 aliphatic heterocycles. The molecule has 152 valence electrons. The van der Waals surface area contributed by atoms with Crippen molar-refractivity contribution in [3.63, 3.8) is 0 Å². The normalized spacial score (nSPS) is 19.0. The van der Waals surface area contributed by atoms with E-state index in [2.05, 4.69) is 29.2 Å². The first-order valence-corrected chi connectivity index (χ1v) is 9.63. The first kappa shape index (κ1) is 20.4. The Morgan fingerprint density at radius 3 is 2.24 bits per heavy atom. The van der Waals surface area contributed by atoms with E-state index in [1.807, 2.05) is 24.3 Å². The molecule has 1 saturated heterocycles. The van der Waals surface area contributed by atoms with Crippen LogP contribution < -0.4 is 15.0 Å². The largest absolute Gasteiger partial charge is 0.497 e. The molecule has 0 unspecified atom stereocenters. The minimum Gasteiger partial charge on any atom is -0.497 e. The average Bonchev–Trinajstić information content (AvgIpc) is 2.97. The van der Waals surface area contributed by atoms with E-state index in [0.29, 0.717) is 11.3 Å². The highest BCUT2D eigenvalue weighted by molar-refractivity contribution is 6.07. The number of rotatable bonds is 7. The Bertz CT molecular complexity index is 905. The molecule has 1 aliphatic rings. The highest BCUT2D eigenvalue weighted by Crippen LogP contribution is 2.30. The maximum absolute atomic E-state index is 12.9. The first-order chi connectivity index (χ1) is 13.9. The first-order valence-electron chi connectivity index (χ1n) is 9.63. The third kappa shape index (κ3) is 3.94. The van der Waals surface area contributed by atoms with Gasteiger partial charge >= 0.3 is 6.03 Å². The number of benzene rings is 2. The fourth-order valence-corrected chi connectivity index (χ4v) is 3.33. The van der Waals surface area contributed by atoms with Crippen molar-refractivity contribution in [2.24, 2.45) is 5.10 Å². The van der Waals surface area contributed by atoms with Gasteiger partial charge in [-0.2, -0.15) is 5.10 Å². The van der Waals surface area contributed by atoms with E-state index in [9.17, 15) is 9.59 Å². The molecule has 3 amide bonds. The van der Waals surface area contributed by atoms with Crippen molar-refractivity contribution in [3.05, 3.63) is 59.7 Å². The number of ether oxygens (including phenoxy) is 1. The lowest BCUT2D eigenvalue weighted by atomic mass is 9.92. The molecule has 7 heteroatoms. The molecule has 1 atom stereocenters. The number of hydrazone groups is 1. The van der Waals surface area contributed by atoms with Crippen LogP contribution in [0.1, 0.15) is 31.9 Å². The van der Waals surface area contributed by atoms with Crippen LogP contribution >= 0.6 is 0 Å². The van der Waals surface area contributed by atoms with E-state index in [1.54, 1.807) is 38.3 Å². The summed E-state index contributed by atoms with van der Waals surface area (Å²) in [5, 5.41) is 7.75. The fourth-order valence-electron chi connectivity index (χ4n) is 3.33. The molecule has 0 spiro atoms. The molecule has 1 heterocycles. The van der Waals surface area contributed by atoms with Gasteiger partial charge in [0.1, 0.15) is 11.3 Å². The third-order valence-electron chi connectivity index (χ3n) is 5.18. The van der Waals surface area contributed by atoms with Crippen molar-refractivity contribution >= 4 is 23.8 Å². The molecule has 1 fully saturated rings. The van der Waals surface area contributed by atoms with Gasteiger partial charge in [-0.05, 0) is 56.2 Å². The number of imide groups is 1. The zero-order valence-corrected chi connectivity index (χ0v) is 17.2. The molecule has 0 aromatic heterocycles. The predicted molar refractivity (Wildman–Crippen MR) is 113 cm³/mol. The molecule has 1 N–H and O–H groups in total. The van der Waals surface area contributed by atoms with E-state index in [-0.39, 0.29) is 0 Å². The van der Waals surface area contributed by atoms with Crippen molar-refractivity contribution in [2.75, 3.05) is 25.1 Å². The minimum absolute atomic E-state index is 0.427. The predicted octanol–water partition coefficient (Wildman–Crippen LogP) is 3.34. The Hall–Kier alpha value is -3.35. The van der Waals surface area contributed by atoms with Gasteiger partial charge in [0, 0.05) is 18.8 Å². The van der Waals surface area contributed by atoms with Gasteiger partial charge in [0.25, 0.3) is 5.91 Å². The molecule has 7 nitrogen and oxygen atoms in total. The van der Waals surface area contributed by atoms with Gasteiger partial charge < -0.3 is 15.0 Å². The number of hydrogen-bond donors (Lipinski definition) is 1. The number of nitrogens with zero attached hydrogens (tertiary/aromatic N) is 3. The lowest BCUT2D eigenvalue weighted by Crippen LogP contribution is -2.40. The van der Waals surface area contributed by atoms with Crippen molar-refractivity contribution in [3.8, 4) is 5.75 Å². The number of carbonyl (C=O) groups is 2. The van der Waals surface area contributed by atoms with Crippen LogP contribution in [-0.2, 0) is 10.3 Å². The van der Waals surface area contributed by atoms with Gasteiger partial charge in [-0.15, -0.1) is 5.01 Å². The second kappa shape index (κ2) is 8.34. The Kier molecular flexibility index (Phi) is 5.87. The van der Waals surface area contributed by atoms with Crippen LogP contribution in [0.15, 0.2) is 53.6 Å². The Labute approximate surface area is 171 Å². The zero-order chi connectivity index (χ0) is 21.0. The number of methoxy groups -OCH3 is 1. The van der Waals surface area contributed by atoms with Gasteiger partial charge in [-0.25, -0.2) is 4.79 Å². The number of urea groups is 1. The molecule has 0 radical (unpaired) electrons. The standard InChI is InChI=1S/C22H26N4O3/c1-5-25(6-2)18-11-7-16(8-12-18)15-23-26-20(27)22(3,24-21(26)28)17-9-13-19(29-4)14-10-17/h7-15H,5-6H2,1-4H3,(H,24,28)/b23-15-/t22-/m1/s1. The zero-order valence-electron chi connectivity index (χ0n) is 17.2. The van der Waals surface area contributed by atoms with Crippen molar-refractivity contribution in [1.29, 1.82) is 0 Å². The summed E-state index contributed by atoms with van der Waals surface area (Å²) < 4.78 is 5.15. The molecule has 0 aliphatic carbocycles. The molecule has 29 heavy (non-hydrogen) atoms. The van der Waals surface area contributed by atoms with Crippen LogP contribution in [0, 0.1) is 0 Å². The summed E-state index contributed by atoms with van der Waals surface area (Å²) in [6, 6.07) is 14.3. The molecular weight excluding hydrogens is 368 g/mol. The fraction of sp³-hybridized carbons (Fsp3) is 0.318. The Balaban J connectivity index is 1.77. The number of anilines is 1. The van der Waals surface area contributed by atoms with Crippen molar-refractivity contribution in [2.45, 2.75) is 26.3 Å². The topological polar surface area (TPSA) is 74.2 Å². The molecular formula is C22H26N4O3. The van der Waals surface area contributed by atoms with Crippen LogP contribution in [0.2, 0.25) is 0 Å². The second-order valence-corrected chi connectivity index (χ2v) is 6.91. The van der Waals surface area contributed by atoms with Crippen LogP contribution in [0.3, 0.4) is 0 Å². The van der Waals surface area contributed by atoms with Gasteiger partial charge in [0.05, 0.1) is 13.3 Å². The molecule has 3 rings (SSSR count). The molecule has 2 aromatic rings. The smallest absolute Gasteiger partial charge is 0.346 e. The summed E-state index contributed by atoms with van der Waals surface area (Å²) in [5.41, 5.74) is 1.42. The number of nitrogens with one attached hydrogen (secondary N) is 1. The number of carbonyl (C=O) groups excluding carboxylic acids is 2. The van der Waals surface area contributed by atoms with Gasteiger partial charge in [0.15, 0.2) is 0 Å². The van der Waals surface area contributed by atoms with Gasteiger partial charge in [0.2, 0.25) is 0 Å². The second-order valence-electron chi connectivity index (χ2n) is 6.91. The Morgan fingerprint density at radius 2 is 1.69 bits per heavy atom. The lowest BCUT2D eigenvalue weighted by molar-refractivity contribution is -0.131. The summed E-state index contributed by atoms with van der Waals surface area (Å²) in [6.07, 6.45) is 1.52. The summed E-state index contributed by atoms with van der Waals surface area (Å²) in [4.78, 5) is 27.5. The van der Waals surface area contributed by atoms with Crippen LogP contribution in [-0.4, -0.2) is 43.4 Å². The highest BCUT2D eigenvalue weighted by atomic mass is 16.5. The maximum atomic E-state index is 12.9. The van der Waals surface area contributed by atoms with Crippen LogP contribution in [0.25, 0.3) is 0 Å². The lowest BCUT2D eigenvalue weighted by Gasteiger charge is -2.21. The summed E-state index contributed by atoms with van der Waals surface area (Å²) in [7, 11) is 1.57. The van der Waals surface area contributed by atoms with Crippen LogP contribution in [0.5, 0.6) is 5.75 Å². The average molecular weight is 394 g/mol. The van der Waals surface area contributed by atoms with Crippen molar-refractivity contribution < 1.29 is 14.3 Å². The van der Waals surface area contributed by atoms with E-state index in [0.717, 1.165) is 29.3 Å². The SMILES string of the molecule is CCN(CC)c1ccc(/C=N\N2C(=O)N[C@](C)(c3ccc(OC)cc3)C2=O)cc1. The highest BCUT2D eigenvalue weighted by Gasteiger charge is 2.49. The number of hydrogen-bond acceptors (Lipinski definition) is 5. The molecule has 0 bridgehead atoms. The molecule has 2 aromatic carbocycles. The summed E-state index contributed by atoms with van der Waals surface area (Å²) in [5.74, 6) is 0.251. The van der Waals surface area contributed by atoms with E-state index >= 15 is 0 Å². The van der Waals surface area contributed by atoms with Crippen LogP contribution in [0.4, 0.5) is 10.5 Å². The summed E-state index contributed by atoms with van der Waals surface area (Å²) >= 11 is 0. The van der Waals surface area contributed by atoms with E-state index in [1.165, 1.54) is 6.21 Å². The minimum atomic E-state index is -1.17. The molecule has 0 saturated carbocycles. The van der Waals surface area contributed by atoms with E-state index in [4.69, 9.17) is 4.74 Å². The maximum Gasteiger partial charge on any atom is 0.346 e.